The topological polar surface area (TPSA) is 73.8 Å². The summed E-state index contributed by atoms with van der Waals surface area (Å²) in [6, 6.07) is 8.48. The van der Waals surface area contributed by atoms with Crippen LogP contribution in [0.25, 0.3) is 11.8 Å². The molecule has 4 rings (SSSR count). The van der Waals surface area contributed by atoms with Crippen molar-refractivity contribution in [2.24, 2.45) is 10.1 Å². The number of aromatic nitrogens is 1. The van der Waals surface area contributed by atoms with E-state index in [1.807, 2.05) is 6.92 Å². The van der Waals surface area contributed by atoms with E-state index in [0.29, 0.717) is 5.17 Å². The van der Waals surface area contributed by atoms with Crippen LogP contribution >= 0.6 is 11.8 Å². The summed E-state index contributed by atoms with van der Waals surface area (Å²) in [7, 11) is 0. The second-order valence-corrected chi connectivity index (χ2v) is 10.1. The Bertz CT molecular complexity index is 1230. The number of amidine groups is 2. The first-order valence-electron chi connectivity index (χ1n) is 12.1. The van der Waals surface area contributed by atoms with Crippen molar-refractivity contribution in [1.29, 1.82) is 5.41 Å². The predicted octanol–water partition coefficient (Wildman–Crippen LogP) is 6.69. The third-order valence-corrected chi connectivity index (χ3v) is 7.48. The number of aryl methyl sites for hydroxylation is 3. The van der Waals surface area contributed by atoms with Gasteiger partial charge in [0.15, 0.2) is 5.84 Å². The number of nitrogens with one attached hydrogen (secondary N) is 1. The Morgan fingerprint density at radius 2 is 1.79 bits per heavy atom. The van der Waals surface area contributed by atoms with Gasteiger partial charge in [0.2, 0.25) is 5.17 Å². The molecule has 1 amide bonds. The number of hydrogen-bond acceptors (Lipinski definition) is 4. The summed E-state index contributed by atoms with van der Waals surface area (Å²) < 4.78 is 2.19. The van der Waals surface area contributed by atoms with E-state index in [-0.39, 0.29) is 17.3 Å². The first kappa shape index (κ1) is 24.2. The van der Waals surface area contributed by atoms with Crippen LogP contribution in [0.15, 0.2) is 39.9 Å². The molecule has 2 aromatic rings. The Kier molecular flexibility index (Phi) is 7.22. The van der Waals surface area contributed by atoms with Gasteiger partial charge in [-0.3, -0.25) is 10.2 Å². The molecule has 7 heteroatoms. The number of fused-ring (bicyclic) bond motifs is 1. The van der Waals surface area contributed by atoms with E-state index < -0.39 is 0 Å². The largest absolute Gasteiger partial charge is 0.318 e. The summed E-state index contributed by atoms with van der Waals surface area (Å²) in [5, 5.41) is 16.2. The van der Waals surface area contributed by atoms with Crippen molar-refractivity contribution in [3.63, 3.8) is 0 Å². The molecule has 1 aromatic heterocycles. The van der Waals surface area contributed by atoms with Gasteiger partial charge >= 0.3 is 0 Å². The minimum Gasteiger partial charge on any atom is -0.318 e. The van der Waals surface area contributed by atoms with Gasteiger partial charge in [0.05, 0.1) is 5.57 Å². The van der Waals surface area contributed by atoms with E-state index in [0.717, 1.165) is 40.5 Å². The lowest BCUT2D eigenvalue weighted by Gasteiger charge is -2.20. The molecule has 1 aromatic carbocycles. The highest BCUT2D eigenvalue weighted by Gasteiger charge is 2.35. The van der Waals surface area contributed by atoms with Gasteiger partial charge in [-0.2, -0.15) is 15.1 Å². The second kappa shape index (κ2) is 10.1. The highest BCUT2D eigenvalue weighted by atomic mass is 32.2. The van der Waals surface area contributed by atoms with Crippen molar-refractivity contribution < 1.29 is 4.79 Å². The first-order valence-corrected chi connectivity index (χ1v) is 12.9. The molecule has 0 saturated carbocycles. The molecule has 6 nitrogen and oxygen atoms in total. The smallest absolute Gasteiger partial charge is 0.283 e. The quantitative estimate of drug-likeness (QED) is 0.341. The molecule has 1 N–H and O–H groups in total. The van der Waals surface area contributed by atoms with Crippen molar-refractivity contribution in [2.75, 3.05) is 0 Å². The molecule has 178 valence electrons. The fourth-order valence-electron chi connectivity index (χ4n) is 4.36. The Balaban J connectivity index is 1.57. The lowest BCUT2D eigenvalue weighted by Crippen LogP contribution is -2.35. The highest BCUT2D eigenvalue weighted by molar-refractivity contribution is 8.26. The molecule has 0 aliphatic carbocycles. The number of hydrazone groups is 1. The third-order valence-electron chi connectivity index (χ3n) is 6.51. The van der Waals surface area contributed by atoms with E-state index in [1.54, 1.807) is 6.08 Å². The molecule has 2 aliphatic heterocycles. The monoisotopic (exact) mass is 475 g/mol. The third kappa shape index (κ3) is 4.80. The van der Waals surface area contributed by atoms with Gasteiger partial charge < -0.3 is 4.57 Å². The summed E-state index contributed by atoms with van der Waals surface area (Å²) in [5.41, 5.74) is 6.88. The SMILES string of the molecule is CCCCCCCC1=NN2C(=N)/C(=C\c3cc(C)n(-c4ccc(C)c(C)c4)c3C)C(=O)N=C2S1. The maximum Gasteiger partial charge on any atom is 0.283 e. The number of benzene rings is 1. The number of carbonyl (C=O) groups excluding carboxylic acids is 1. The van der Waals surface area contributed by atoms with Crippen LogP contribution in [0.1, 0.15) is 73.5 Å². The molecule has 0 unspecified atom stereocenters. The first-order chi connectivity index (χ1) is 16.3. The van der Waals surface area contributed by atoms with E-state index in [2.05, 4.69) is 66.6 Å². The van der Waals surface area contributed by atoms with Crippen molar-refractivity contribution >= 4 is 39.8 Å². The van der Waals surface area contributed by atoms with E-state index >= 15 is 0 Å². The molecule has 0 saturated heterocycles. The summed E-state index contributed by atoms with van der Waals surface area (Å²) in [5.74, 6) is -0.279. The van der Waals surface area contributed by atoms with Gasteiger partial charge in [0.1, 0.15) is 5.04 Å². The van der Waals surface area contributed by atoms with Crippen LogP contribution in [-0.4, -0.2) is 31.5 Å². The van der Waals surface area contributed by atoms with Crippen LogP contribution in [0, 0.1) is 33.1 Å². The minimum absolute atomic E-state index is 0.0967. The average molecular weight is 476 g/mol. The Labute approximate surface area is 206 Å². The molecule has 2 aliphatic rings. The number of thioether (sulfide) groups is 1. The van der Waals surface area contributed by atoms with Crippen molar-refractivity contribution in [3.8, 4) is 5.69 Å². The lowest BCUT2D eigenvalue weighted by atomic mass is 10.1. The van der Waals surface area contributed by atoms with Gasteiger partial charge in [0, 0.05) is 17.1 Å². The molecular formula is C27H33N5OS. The van der Waals surface area contributed by atoms with Crippen molar-refractivity contribution in [3.05, 3.63) is 57.9 Å². The Morgan fingerprint density at radius 1 is 1.03 bits per heavy atom. The molecule has 0 spiro atoms. The Hall–Kier alpha value is -2.93. The molecule has 0 bridgehead atoms. The number of aliphatic imine (C=N–C) groups is 1. The zero-order valence-corrected chi connectivity index (χ0v) is 21.6. The fraction of sp³-hybridized carbons (Fsp3) is 0.407. The molecular weight excluding hydrogens is 442 g/mol. The zero-order valence-electron chi connectivity index (χ0n) is 20.7. The summed E-state index contributed by atoms with van der Waals surface area (Å²) in [6.45, 7) is 10.5. The van der Waals surface area contributed by atoms with E-state index in [1.165, 1.54) is 53.6 Å². The van der Waals surface area contributed by atoms with Crippen molar-refractivity contribution in [2.45, 2.75) is 73.1 Å². The Morgan fingerprint density at radius 3 is 2.53 bits per heavy atom. The fourth-order valence-corrected chi connectivity index (χ4v) is 5.29. The second-order valence-electron chi connectivity index (χ2n) is 9.11. The maximum atomic E-state index is 12.9. The van der Waals surface area contributed by atoms with Gasteiger partial charge in [0.25, 0.3) is 5.91 Å². The standard InChI is InChI=1S/C27H33N5OS/c1-6-7-8-9-10-11-24-30-32-25(28)23(26(33)29-27(32)34-24)16-21-15-19(4)31(20(21)5)22-13-12-17(2)18(3)14-22/h12-16,28H,6-11H2,1-5H3/b23-16+,28-25?. The van der Waals surface area contributed by atoms with Crippen molar-refractivity contribution in [1.82, 2.24) is 9.58 Å². The molecule has 34 heavy (non-hydrogen) atoms. The van der Waals surface area contributed by atoms with Crippen LogP contribution in [0.4, 0.5) is 0 Å². The molecule has 0 atom stereocenters. The van der Waals surface area contributed by atoms with Crippen LogP contribution < -0.4 is 0 Å². The van der Waals surface area contributed by atoms with Gasteiger partial charge in [-0.1, -0.05) is 38.7 Å². The van der Waals surface area contributed by atoms with Crippen LogP contribution in [0.3, 0.4) is 0 Å². The number of amides is 1. The van der Waals surface area contributed by atoms with Crippen LogP contribution in [-0.2, 0) is 4.79 Å². The summed E-state index contributed by atoms with van der Waals surface area (Å²) in [4.78, 5) is 17.1. The number of hydrogen-bond donors (Lipinski definition) is 1. The van der Waals surface area contributed by atoms with Gasteiger partial charge in [-0.15, -0.1) is 0 Å². The molecule has 3 heterocycles. The molecule has 0 radical (unpaired) electrons. The number of rotatable bonds is 8. The van der Waals surface area contributed by atoms with Crippen LogP contribution in [0.5, 0.6) is 0 Å². The average Bonchev–Trinajstić information content (AvgIpc) is 3.33. The number of nitrogens with zero attached hydrogens (tertiary/aromatic N) is 4. The van der Waals surface area contributed by atoms with Crippen LogP contribution in [0.2, 0.25) is 0 Å². The predicted molar refractivity (Wildman–Crippen MR) is 143 cm³/mol. The summed E-state index contributed by atoms with van der Waals surface area (Å²) >= 11 is 1.42. The number of carbonyl (C=O) groups is 1. The minimum atomic E-state index is -0.376. The highest BCUT2D eigenvalue weighted by Crippen LogP contribution is 2.31. The van der Waals surface area contributed by atoms with Gasteiger partial charge in [-0.25, -0.2) is 0 Å². The summed E-state index contributed by atoms with van der Waals surface area (Å²) in [6.07, 6.45) is 8.62. The van der Waals surface area contributed by atoms with E-state index in [9.17, 15) is 4.79 Å². The number of unbranched alkanes of at least 4 members (excludes halogenated alkanes) is 4. The van der Waals surface area contributed by atoms with Gasteiger partial charge in [-0.05, 0) is 93.3 Å². The van der Waals surface area contributed by atoms with E-state index in [4.69, 9.17) is 5.41 Å². The normalized spacial score (nSPS) is 16.9. The lowest BCUT2D eigenvalue weighted by molar-refractivity contribution is -0.114. The molecule has 0 fully saturated rings. The maximum absolute atomic E-state index is 12.9. The zero-order chi connectivity index (χ0) is 24.4.